The molecule has 0 radical (unpaired) electrons. The summed E-state index contributed by atoms with van der Waals surface area (Å²) in [7, 11) is 0. The van der Waals surface area contributed by atoms with Crippen molar-refractivity contribution in [3.05, 3.63) is 34.3 Å². The number of rotatable bonds is 6. The standard InChI is InChI=1S/C26H37ClN2O2/c1-4-29(5-2)24(30)8-6-7-18-16-23(28-31)26(3)14-13-21-20-12-10-19(27)15-17(20)9-11-22(21)25(18)26/h10,12,15,18,21-22,25,31H,4-9,11,13-14,16H2,1-3H3/b28-23+/t18-,21?,22?,25?,26-/m1/s1. The van der Waals surface area contributed by atoms with Crippen molar-refractivity contribution in [2.75, 3.05) is 13.1 Å². The molecule has 1 aromatic rings. The fourth-order valence-electron chi connectivity index (χ4n) is 7.30. The van der Waals surface area contributed by atoms with Crippen molar-refractivity contribution in [1.82, 2.24) is 4.90 Å². The summed E-state index contributed by atoms with van der Waals surface area (Å²) in [6.45, 7) is 8.00. The average Bonchev–Trinajstić information content (AvgIpc) is 3.06. The Hall–Kier alpha value is -1.55. The summed E-state index contributed by atoms with van der Waals surface area (Å²) in [4.78, 5) is 14.4. The van der Waals surface area contributed by atoms with Crippen LogP contribution in [0.1, 0.15) is 82.8 Å². The van der Waals surface area contributed by atoms with Crippen LogP contribution in [-0.4, -0.2) is 34.8 Å². The molecule has 5 heteroatoms. The molecule has 0 bridgehead atoms. The Bertz CT molecular complexity index is 850. The molecule has 3 aliphatic carbocycles. The molecular formula is C26H37ClN2O2. The summed E-state index contributed by atoms with van der Waals surface area (Å²) in [6, 6.07) is 6.46. The highest BCUT2D eigenvalue weighted by Gasteiger charge is 2.57. The largest absolute Gasteiger partial charge is 0.411 e. The third-order valence-corrected chi connectivity index (χ3v) is 9.00. The average molecular weight is 445 g/mol. The van der Waals surface area contributed by atoms with Gasteiger partial charge in [0.1, 0.15) is 0 Å². The zero-order chi connectivity index (χ0) is 22.2. The van der Waals surface area contributed by atoms with Crippen molar-refractivity contribution in [3.63, 3.8) is 0 Å². The number of hydrogen-bond donors (Lipinski definition) is 1. The molecule has 0 spiro atoms. The molecule has 0 aliphatic heterocycles. The smallest absolute Gasteiger partial charge is 0.222 e. The van der Waals surface area contributed by atoms with Crippen molar-refractivity contribution in [3.8, 4) is 0 Å². The molecule has 31 heavy (non-hydrogen) atoms. The Balaban J connectivity index is 1.53. The maximum atomic E-state index is 12.5. The minimum Gasteiger partial charge on any atom is -0.411 e. The summed E-state index contributed by atoms with van der Waals surface area (Å²) >= 11 is 6.28. The number of fused-ring (bicyclic) bond motifs is 5. The van der Waals surface area contributed by atoms with Gasteiger partial charge < -0.3 is 10.1 Å². The van der Waals surface area contributed by atoms with Crippen molar-refractivity contribution < 1.29 is 10.0 Å². The predicted molar refractivity (Wildman–Crippen MR) is 126 cm³/mol. The van der Waals surface area contributed by atoms with Gasteiger partial charge in [-0.3, -0.25) is 4.79 Å². The number of amides is 1. The Kier molecular flexibility index (Phi) is 6.67. The number of nitrogens with zero attached hydrogens (tertiary/aromatic N) is 2. The van der Waals surface area contributed by atoms with Crippen LogP contribution in [-0.2, 0) is 11.2 Å². The fourth-order valence-corrected chi connectivity index (χ4v) is 7.50. The van der Waals surface area contributed by atoms with E-state index < -0.39 is 0 Å². The Morgan fingerprint density at radius 2 is 2.06 bits per heavy atom. The lowest BCUT2D eigenvalue weighted by Gasteiger charge is -2.50. The van der Waals surface area contributed by atoms with E-state index in [-0.39, 0.29) is 11.3 Å². The summed E-state index contributed by atoms with van der Waals surface area (Å²) in [5, 5.41) is 14.5. The van der Waals surface area contributed by atoms with Crippen LogP contribution in [0.5, 0.6) is 0 Å². The van der Waals surface area contributed by atoms with Gasteiger partial charge in [0.2, 0.25) is 5.91 Å². The number of aryl methyl sites for hydroxylation is 1. The second-order valence-corrected chi connectivity index (χ2v) is 10.5. The van der Waals surface area contributed by atoms with Crippen molar-refractivity contribution in [1.29, 1.82) is 0 Å². The molecule has 1 aromatic carbocycles. The van der Waals surface area contributed by atoms with Crippen LogP contribution in [0.15, 0.2) is 23.4 Å². The summed E-state index contributed by atoms with van der Waals surface area (Å²) in [5.74, 6) is 2.51. The molecule has 0 heterocycles. The van der Waals surface area contributed by atoms with E-state index in [4.69, 9.17) is 11.6 Å². The maximum absolute atomic E-state index is 12.5. The molecule has 5 atom stereocenters. The highest BCUT2D eigenvalue weighted by molar-refractivity contribution is 6.30. The van der Waals surface area contributed by atoms with Crippen LogP contribution in [0.25, 0.3) is 0 Å². The van der Waals surface area contributed by atoms with E-state index in [2.05, 4.69) is 24.2 Å². The number of oxime groups is 1. The van der Waals surface area contributed by atoms with Crippen LogP contribution in [0.4, 0.5) is 0 Å². The third kappa shape index (κ3) is 4.01. The highest BCUT2D eigenvalue weighted by atomic mass is 35.5. The Morgan fingerprint density at radius 1 is 1.29 bits per heavy atom. The van der Waals surface area contributed by atoms with Gasteiger partial charge in [-0.1, -0.05) is 29.7 Å². The molecule has 0 saturated heterocycles. The molecule has 3 unspecified atom stereocenters. The van der Waals surface area contributed by atoms with Crippen molar-refractivity contribution >= 4 is 23.2 Å². The van der Waals surface area contributed by atoms with E-state index >= 15 is 0 Å². The van der Waals surface area contributed by atoms with Crippen LogP contribution >= 0.6 is 11.6 Å². The first kappa shape index (κ1) is 22.6. The van der Waals surface area contributed by atoms with E-state index in [0.29, 0.717) is 30.1 Å². The number of carbonyl (C=O) groups excluding carboxylic acids is 1. The normalized spacial score (nSPS) is 33.0. The molecule has 1 amide bonds. The Morgan fingerprint density at radius 3 is 2.77 bits per heavy atom. The quantitative estimate of drug-likeness (QED) is 0.414. The molecule has 4 nitrogen and oxygen atoms in total. The highest BCUT2D eigenvalue weighted by Crippen LogP contribution is 2.62. The van der Waals surface area contributed by atoms with Crippen LogP contribution < -0.4 is 0 Å². The lowest BCUT2D eigenvalue weighted by Crippen LogP contribution is -2.44. The first-order valence-electron chi connectivity index (χ1n) is 12.2. The van der Waals surface area contributed by atoms with E-state index in [1.54, 1.807) is 0 Å². The molecule has 2 fully saturated rings. The van der Waals surface area contributed by atoms with E-state index in [1.807, 2.05) is 24.8 Å². The minimum atomic E-state index is -0.00655. The molecule has 0 aromatic heterocycles. The third-order valence-electron chi connectivity index (χ3n) is 8.77. The van der Waals surface area contributed by atoms with Gasteiger partial charge in [-0.2, -0.15) is 0 Å². The SMILES string of the molecule is CCN(CC)C(=O)CCC[C@@H]1C/C(=N\O)[C@@]2(C)CCC3c4ccc(Cl)cc4CCC3C12. The van der Waals surface area contributed by atoms with Gasteiger partial charge >= 0.3 is 0 Å². The van der Waals surface area contributed by atoms with E-state index in [9.17, 15) is 10.0 Å². The van der Waals surface area contributed by atoms with Crippen LogP contribution in [0.3, 0.4) is 0 Å². The first-order chi connectivity index (χ1) is 14.9. The fraction of sp³-hybridized carbons (Fsp3) is 0.692. The number of hydrogen-bond acceptors (Lipinski definition) is 3. The summed E-state index contributed by atoms with van der Waals surface area (Å²) < 4.78 is 0. The first-order valence-corrected chi connectivity index (χ1v) is 12.6. The number of carbonyl (C=O) groups is 1. The summed E-state index contributed by atoms with van der Waals surface area (Å²) in [5.41, 5.74) is 3.91. The Labute approximate surface area is 192 Å². The van der Waals surface area contributed by atoms with Gasteiger partial charge in [0.15, 0.2) is 0 Å². The molecular weight excluding hydrogens is 408 g/mol. The second kappa shape index (κ2) is 9.13. The van der Waals surface area contributed by atoms with Crippen LogP contribution in [0, 0.1) is 23.2 Å². The molecule has 2 saturated carbocycles. The molecule has 1 N–H and O–H groups in total. The summed E-state index contributed by atoms with van der Waals surface area (Å²) in [6.07, 6.45) is 7.98. The van der Waals surface area contributed by atoms with Crippen molar-refractivity contribution in [2.45, 2.75) is 78.1 Å². The minimum absolute atomic E-state index is 0.00655. The van der Waals surface area contributed by atoms with Gasteiger partial charge in [0, 0.05) is 29.9 Å². The van der Waals surface area contributed by atoms with E-state index in [0.717, 1.165) is 62.3 Å². The number of halogens is 1. The van der Waals surface area contributed by atoms with Gasteiger partial charge in [0.25, 0.3) is 0 Å². The van der Waals surface area contributed by atoms with Gasteiger partial charge in [-0.05, 0) is 106 Å². The maximum Gasteiger partial charge on any atom is 0.222 e. The zero-order valence-electron chi connectivity index (χ0n) is 19.2. The monoisotopic (exact) mass is 444 g/mol. The second-order valence-electron chi connectivity index (χ2n) is 10.1. The van der Waals surface area contributed by atoms with Gasteiger partial charge in [-0.25, -0.2) is 0 Å². The predicted octanol–water partition coefficient (Wildman–Crippen LogP) is 6.29. The lowest BCUT2D eigenvalue weighted by atomic mass is 9.54. The molecule has 170 valence electrons. The topological polar surface area (TPSA) is 52.9 Å². The molecule has 3 aliphatic rings. The van der Waals surface area contributed by atoms with E-state index in [1.165, 1.54) is 17.5 Å². The lowest BCUT2D eigenvalue weighted by molar-refractivity contribution is -0.131. The number of benzene rings is 1. The van der Waals surface area contributed by atoms with Gasteiger partial charge in [0.05, 0.1) is 5.71 Å². The van der Waals surface area contributed by atoms with Crippen molar-refractivity contribution in [2.24, 2.45) is 28.3 Å². The molecule has 4 rings (SSSR count). The van der Waals surface area contributed by atoms with Gasteiger partial charge in [-0.15, -0.1) is 0 Å². The van der Waals surface area contributed by atoms with Crippen LogP contribution in [0.2, 0.25) is 5.02 Å². The zero-order valence-corrected chi connectivity index (χ0v) is 20.0.